The van der Waals surface area contributed by atoms with Gasteiger partial charge in [-0.05, 0) is 36.8 Å². The van der Waals surface area contributed by atoms with Crippen molar-refractivity contribution in [3.8, 4) is 5.75 Å². The monoisotopic (exact) mass is 515 g/mol. The number of carbonyl (C=O) groups excluding carboxylic acids is 2. The Labute approximate surface area is 212 Å². The van der Waals surface area contributed by atoms with Crippen LogP contribution in [0.2, 0.25) is 10.0 Å². The highest BCUT2D eigenvalue weighted by Gasteiger charge is 2.22. The molecule has 0 fully saturated rings. The summed E-state index contributed by atoms with van der Waals surface area (Å²) >= 11 is 12.0. The molecule has 0 radical (unpaired) electrons. The Hall–Kier alpha value is -3.75. The lowest BCUT2D eigenvalue weighted by Gasteiger charge is -2.16. The quantitative estimate of drug-likeness (QED) is 0.253. The average Bonchev–Trinajstić information content (AvgIpc) is 2.80. The second kappa shape index (κ2) is 12.1. The maximum absolute atomic E-state index is 13.1. The van der Waals surface area contributed by atoms with E-state index in [2.05, 4.69) is 10.3 Å². The molecule has 2 aromatic carbocycles. The SMILES string of the molecule is C.CC(=N)c1ccc(C(=O)Cc2c(OCC(=O)O)cc(Cl)cc2C(=O)Nc2ccc(Cl)cn2)cc1. The lowest BCUT2D eigenvalue weighted by molar-refractivity contribution is -0.139. The molecule has 10 heteroatoms. The van der Waals surface area contributed by atoms with Gasteiger partial charge in [0.2, 0.25) is 0 Å². The number of ketones is 1. The molecule has 0 saturated carbocycles. The van der Waals surface area contributed by atoms with Crippen LogP contribution < -0.4 is 10.1 Å². The fraction of sp³-hybridized carbons (Fsp3) is 0.160. The molecule has 0 saturated heterocycles. The van der Waals surface area contributed by atoms with Crippen LogP contribution in [-0.2, 0) is 11.2 Å². The summed E-state index contributed by atoms with van der Waals surface area (Å²) in [7, 11) is 0. The van der Waals surface area contributed by atoms with Crippen LogP contribution in [0.1, 0.15) is 46.2 Å². The molecule has 0 bridgehead atoms. The highest BCUT2D eigenvalue weighted by atomic mass is 35.5. The van der Waals surface area contributed by atoms with Crippen LogP contribution in [-0.4, -0.2) is 40.1 Å². The van der Waals surface area contributed by atoms with Crippen molar-refractivity contribution in [2.75, 3.05) is 11.9 Å². The van der Waals surface area contributed by atoms with Gasteiger partial charge in [-0.3, -0.25) is 9.59 Å². The second-order valence-electron chi connectivity index (χ2n) is 7.23. The van der Waals surface area contributed by atoms with Crippen LogP contribution in [0.4, 0.5) is 5.82 Å². The molecular formula is C25H23Cl2N3O5. The smallest absolute Gasteiger partial charge is 0.341 e. The number of rotatable bonds is 9. The first kappa shape index (κ1) is 27.5. The number of ether oxygens (including phenoxy) is 1. The predicted molar refractivity (Wildman–Crippen MR) is 135 cm³/mol. The van der Waals surface area contributed by atoms with Gasteiger partial charge in [-0.2, -0.15) is 0 Å². The zero-order chi connectivity index (χ0) is 24.8. The van der Waals surface area contributed by atoms with Crippen molar-refractivity contribution in [3.05, 3.63) is 87.0 Å². The van der Waals surface area contributed by atoms with Crippen molar-refractivity contribution in [1.82, 2.24) is 4.98 Å². The number of nitrogens with one attached hydrogen (secondary N) is 2. The van der Waals surface area contributed by atoms with Gasteiger partial charge in [0, 0.05) is 40.0 Å². The largest absolute Gasteiger partial charge is 0.482 e. The number of aliphatic carboxylic acids is 1. The molecule has 182 valence electrons. The number of hydrogen-bond acceptors (Lipinski definition) is 6. The average molecular weight is 516 g/mol. The molecule has 3 rings (SSSR count). The summed E-state index contributed by atoms with van der Waals surface area (Å²) < 4.78 is 5.35. The summed E-state index contributed by atoms with van der Waals surface area (Å²) in [5.74, 6) is -1.96. The van der Waals surface area contributed by atoms with E-state index in [1.165, 1.54) is 24.4 Å². The van der Waals surface area contributed by atoms with Crippen LogP contribution in [0.25, 0.3) is 0 Å². The predicted octanol–water partition coefficient (Wildman–Crippen LogP) is 5.55. The third-order valence-corrected chi connectivity index (χ3v) is 5.16. The summed E-state index contributed by atoms with van der Waals surface area (Å²) in [6, 6.07) is 12.2. The van der Waals surface area contributed by atoms with Crippen LogP contribution in [0.3, 0.4) is 0 Å². The molecule has 0 aliphatic heterocycles. The van der Waals surface area contributed by atoms with Gasteiger partial charge in [0.25, 0.3) is 5.91 Å². The van der Waals surface area contributed by atoms with E-state index in [0.717, 1.165) is 0 Å². The molecule has 35 heavy (non-hydrogen) atoms. The molecule has 1 aromatic heterocycles. The molecule has 0 aliphatic carbocycles. The van der Waals surface area contributed by atoms with Crippen LogP contribution in [0.5, 0.6) is 5.75 Å². The van der Waals surface area contributed by atoms with E-state index in [-0.39, 0.29) is 47.3 Å². The third-order valence-electron chi connectivity index (χ3n) is 4.72. The van der Waals surface area contributed by atoms with Gasteiger partial charge in [0.05, 0.1) is 5.02 Å². The molecule has 0 unspecified atom stereocenters. The minimum Gasteiger partial charge on any atom is -0.482 e. The van der Waals surface area contributed by atoms with Gasteiger partial charge >= 0.3 is 5.97 Å². The lowest BCUT2D eigenvalue weighted by atomic mass is 9.96. The summed E-state index contributed by atoms with van der Waals surface area (Å²) in [5, 5.41) is 19.8. The Balaban J connectivity index is 0.00000432. The second-order valence-corrected chi connectivity index (χ2v) is 8.10. The summed E-state index contributed by atoms with van der Waals surface area (Å²) in [4.78, 5) is 41.1. The zero-order valence-corrected chi connectivity index (χ0v) is 19.4. The zero-order valence-electron chi connectivity index (χ0n) is 17.9. The highest BCUT2D eigenvalue weighted by Crippen LogP contribution is 2.30. The number of carboxylic acids is 1. The van der Waals surface area contributed by atoms with E-state index in [4.69, 9.17) is 38.5 Å². The van der Waals surface area contributed by atoms with Gasteiger partial charge in [0.15, 0.2) is 12.4 Å². The molecular weight excluding hydrogens is 493 g/mol. The van der Waals surface area contributed by atoms with E-state index < -0.39 is 18.5 Å². The number of benzene rings is 2. The lowest BCUT2D eigenvalue weighted by Crippen LogP contribution is -2.19. The first-order valence-corrected chi connectivity index (χ1v) is 10.7. The Bertz CT molecular complexity index is 1260. The van der Waals surface area contributed by atoms with E-state index >= 15 is 0 Å². The number of nitrogens with zero attached hydrogens (tertiary/aromatic N) is 1. The third kappa shape index (κ3) is 7.37. The summed E-state index contributed by atoms with van der Waals surface area (Å²) in [6.07, 6.45) is 1.10. The van der Waals surface area contributed by atoms with Crippen molar-refractivity contribution >= 4 is 52.4 Å². The highest BCUT2D eigenvalue weighted by molar-refractivity contribution is 6.31. The Morgan fingerprint density at radius 1 is 1.03 bits per heavy atom. The molecule has 8 nitrogen and oxygen atoms in total. The van der Waals surface area contributed by atoms with Crippen molar-refractivity contribution < 1.29 is 24.2 Å². The maximum atomic E-state index is 13.1. The van der Waals surface area contributed by atoms with Crippen LogP contribution in [0.15, 0.2) is 54.7 Å². The van der Waals surface area contributed by atoms with Gasteiger partial charge < -0.3 is 20.6 Å². The van der Waals surface area contributed by atoms with Crippen molar-refractivity contribution in [2.45, 2.75) is 20.8 Å². The number of hydrogen-bond donors (Lipinski definition) is 3. The van der Waals surface area contributed by atoms with Crippen molar-refractivity contribution in [3.63, 3.8) is 0 Å². The minimum atomic E-state index is -1.23. The normalized spacial score (nSPS) is 10.1. The Morgan fingerprint density at radius 2 is 1.69 bits per heavy atom. The number of halogens is 2. The number of Topliss-reactive ketones (excluding diaryl/α,β-unsaturated/α-hetero) is 1. The molecule has 1 amide bonds. The van der Waals surface area contributed by atoms with Crippen LogP contribution >= 0.6 is 23.2 Å². The fourth-order valence-corrected chi connectivity index (χ4v) is 3.39. The number of anilines is 1. The minimum absolute atomic E-state index is 0. The van der Waals surface area contributed by atoms with Gasteiger partial charge in [-0.1, -0.05) is 54.9 Å². The number of pyridine rings is 1. The molecule has 3 N–H and O–H groups in total. The molecule has 3 aromatic rings. The number of carbonyl (C=O) groups is 3. The Morgan fingerprint density at radius 3 is 2.26 bits per heavy atom. The summed E-state index contributed by atoms with van der Waals surface area (Å²) in [5.41, 5.74) is 1.59. The molecule has 0 spiro atoms. The number of aromatic nitrogens is 1. The topological polar surface area (TPSA) is 129 Å². The fourth-order valence-electron chi connectivity index (χ4n) is 3.07. The molecule has 0 atom stereocenters. The van der Waals surface area contributed by atoms with Gasteiger partial charge in [-0.25, -0.2) is 9.78 Å². The van der Waals surface area contributed by atoms with Crippen LogP contribution in [0, 0.1) is 5.41 Å². The first-order valence-electron chi connectivity index (χ1n) is 9.92. The van der Waals surface area contributed by atoms with E-state index in [0.29, 0.717) is 21.9 Å². The van der Waals surface area contributed by atoms with E-state index in [9.17, 15) is 14.4 Å². The van der Waals surface area contributed by atoms with Crippen molar-refractivity contribution in [2.24, 2.45) is 0 Å². The first-order chi connectivity index (χ1) is 16.1. The van der Waals surface area contributed by atoms with E-state index in [1.54, 1.807) is 37.3 Å². The van der Waals surface area contributed by atoms with Crippen molar-refractivity contribution in [1.29, 1.82) is 5.41 Å². The van der Waals surface area contributed by atoms with Gasteiger partial charge in [-0.15, -0.1) is 0 Å². The summed E-state index contributed by atoms with van der Waals surface area (Å²) in [6.45, 7) is 0.950. The Kier molecular flexibility index (Phi) is 9.50. The molecule has 1 heterocycles. The molecule has 0 aliphatic rings. The maximum Gasteiger partial charge on any atom is 0.341 e. The van der Waals surface area contributed by atoms with Gasteiger partial charge in [0.1, 0.15) is 11.6 Å². The standard InChI is InChI=1S/C24H19Cl2N3O5.CH4/c1-13(27)14-2-4-15(5-3-14)20(30)10-18-19(8-17(26)9-21(18)34-12-23(31)32)24(33)29-22-7-6-16(25)11-28-22;/h2-9,11,27H,10,12H2,1H3,(H,31,32)(H,28,29,33);1H4. The number of amides is 1. The van der Waals surface area contributed by atoms with E-state index in [1.807, 2.05) is 0 Å². The number of carboxylic acid groups (broad SMARTS) is 1.